The van der Waals surface area contributed by atoms with E-state index in [4.69, 9.17) is 14.2 Å². The van der Waals surface area contributed by atoms with E-state index in [2.05, 4.69) is 0 Å². The average Bonchev–Trinajstić information content (AvgIpc) is 2.96. The summed E-state index contributed by atoms with van der Waals surface area (Å²) >= 11 is 0. The van der Waals surface area contributed by atoms with Gasteiger partial charge in [0.15, 0.2) is 0 Å². The van der Waals surface area contributed by atoms with Crippen LogP contribution < -0.4 is 4.90 Å². The SMILES string of the molecule is CC(=O)OC[C@@H]1C=C(OC(C)=O)[C@H](COC(C)=O)[C@@H]2C(=O)N(c3ccccc3)C(=O)[C@@H]21. The number of fused-ring (bicyclic) bond motifs is 1. The van der Waals surface area contributed by atoms with Gasteiger partial charge in [0.05, 0.1) is 30.0 Å². The standard InChI is InChI=1S/C22H23NO8/c1-12(24)29-10-15-9-18(31-14(3)26)17(11-30-13(2)25)20-19(15)21(27)23(22(20)28)16-7-5-4-6-8-16/h4-9,15,17,19-20H,10-11H2,1-3H3/t15-,17-,19+,20-/m0/s1. The lowest BCUT2D eigenvalue weighted by atomic mass is 9.71. The predicted molar refractivity (Wildman–Crippen MR) is 106 cm³/mol. The van der Waals surface area contributed by atoms with E-state index in [9.17, 15) is 24.0 Å². The summed E-state index contributed by atoms with van der Waals surface area (Å²) in [5.74, 6) is -5.93. The Kier molecular flexibility index (Phi) is 6.53. The monoisotopic (exact) mass is 429 g/mol. The molecule has 0 saturated carbocycles. The van der Waals surface area contributed by atoms with E-state index in [1.807, 2.05) is 0 Å². The molecule has 1 aromatic rings. The van der Waals surface area contributed by atoms with Crippen molar-refractivity contribution in [1.29, 1.82) is 0 Å². The van der Waals surface area contributed by atoms with Gasteiger partial charge in [-0.3, -0.25) is 28.9 Å². The number of esters is 3. The molecule has 9 heteroatoms. The van der Waals surface area contributed by atoms with Crippen LogP contribution in [0.3, 0.4) is 0 Å². The molecule has 164 valence electrons. The Labute approximate surface area is 178 Å². The second kappa shape index (κ2) is 9.11. The van der Waals surface area contributed by atoms with E-state index in [1.165, 1.54) is 26.8 Å². The van der Waals surface area contributed by atoms with Crippen LogP contribution in [-0.2, 0) is 38.2 Å². The summed E-state index contributed by atoms with van der Waals surface area (Å²) in [7, 11) is 0. The molecule has 0 aromatic heterocycles. The van der Waals surface area contributed by atoms with Crippen LogP contribution in [0.5, 0.6) is 0 Å². The van der Waals surface area contributed by atoms with Gasteiger partial charge in [-0.25, -0.2) is 0 Å². The van der Waals surface area contributed by atoms with Crippen LogP contribution in [0.25, 0.3) is 0 Å². The fourth-order valence-electron chi connectivity index (χ4n) is 4.07. The van der Waals surface area contributed by atoms with Crippen LogP contribution in [0.2, 0.25) is 0 Å². The molecule has 0 unspecified atom stereocenters. The van der Waals surface area contributed by atoms with Gasteiger partial charge < -0.3 is 14.2 Å². The van der Waals surface area contributed by atoms with Crippen molar-refractivity contribution in [2.45, 2.75) is 20.8 Å². The van der Waals surface area contributed by atoms with E-state index in [0.717, 1.165) is 4.90 Å². The minimum Gasteiger partial charge on any atom is -0.465 e. The second-order valence-corrected chi connectivity index (χ2v) is 7.44. The van der Waals surface area contributed by atoms with Gasteiger partial charge in [0.1, 0.15) is 12.4 Å². The smallest absolute Gasteiger partial charge is 0.307 e. The molecule has 1 aliphatic heterocycles. The number of imide groups is 1. The Morgan fingerprint density at radius 2 is 1.42 bits per heavy atom. The number of rotatable bonds is 6. The van der Waals surface area contributed by atoms with Crippen molar-refractivity contribution in [2.24, 2.45) is 23.7 Å². The summed E-state index contributed by atoms with van der Waals surface area (Å²) in [6.45, 7) is 3.25. The Bertz CT molecular complexity index is 938. The third-order valence-electron chi connectivity index (χ3n) is 5.26. The molecule has 3 rings (SSSR count). The summed E-state index contributed by atoms with van der Waals surface area (Å²) in [5.41, 5.74) is 0.401. The minimum absolute atomic E-state index is 0.114. The average molecular weight is 429 g/mol. The molecule has 1 heterocycles. The first-order valence-corrected chi connectivity index (χ1v) is 9.80. The zero-order valence-electron chi connectivity index (χ0n) is 17.4. The number of ether oxygens (including phenoxy) is 3. The molecular weight excluding hydrogens is 406 g/mol. The fraction of sp³-hybridized carbons (Fsp3) is 0.409. The van der Waals surface area contributed by atoms with Crippen molar-refractivity contribution in [3.8, 4) is 0 Å². The van der Waals surface area contributed by atoms with Crippen molar-refractivity contribution in [3.05, 3.63) is 42.2 Å². The predicted octanol–water partition coefficient (Wildman–Crippen LogP) is 1.61. The molecule has 0 N–H and O–H groups in total. The number of anilines is 1. The molecule has 1 aliphatic carbocycles. The zero-order chi connectivity index (χ0) is 22.7. The van der Waals surface area contributed by atoms with Crippen LogP contribution in [0, 0.1) is 23.7 Å². The Balaban J connectivity index is 2.05. The Hall–Kier alpha value is -3.49. The molecular formula is C22H23NO8. The maximum Gasteiger partial charge on any atom is 0.307 e. The Morgan fingerprint density at radius 3 is 2.00 bits per heavy atom. The quantitative estimate of drug-likeness (QED) is 0.380. The van der Waals surface area contributed by atoms with E-state index in [1.54, 1.807) is 30.3 Å². The van der Waals surface area contributed by atoms with E-state index >= 15 is 0 Å². The van der Waals surface area contributed by atoms with Gasteiger partial charge in [-0.15, -0.1) is 0 Å². The zero-order valence-corrected chi connectivity index (χ0v) is 17.4. The van der Waals surface area contributed by atoms with E-state index < -0.39 is 53.4 Å². The summed E-state index contributed by atoms with van der Waals surface area (Å²) in [5, 5.41) is 0. The maximum absolute atomic E-state index is 13.4. The highest BCUT2D eigenvalue weighted by Crippen LogP contribution is 2.46. The minimum atomic E-state index is -0.952. The first-order chi connectivity index (χ1) is 14.7. The topological polar surface area (TPSA) is 116 Å². The van der Waals surface area contributed by atoms with Gasteiger partial charge in [0.25, 0.3) is 0 Å². The summed E-state index contributed by atoms with van der Waals surface area (Å²) in [6.07, 6.45) is 1.51. The molecule has 9 nitrogen and oxygen atoms in total. The molecule has 2 aliphatic rings. The third kappa shape index (κ3) is 4.65. The van der Waals surface area contributed by atoms with Crippen molar-refractivity contribution < 1.29 is 38.2 Å². The van der Waals surface area contributed by atoms with Gasteiger partial charge >= 0.3 is 17.9 Å². The van der Waals surface area contributed by atoms with Crippen LogP contribution in [0.1, 0.15) is 20.8 Å². The third-order valence-corrected chi connectivity index (χ3v) is 5.26. The van der Waals surface area contributed by atoms with Gasteiger partial charge in [0.2, 0.25) is 11.8 Å². The molecule has 1 fully saturated rings. The molecule has 0 spiro atoms. The summed E-state index contributed by atoms with van der Waals surface area (Å²) in [6, 6.07) is 8.43. The number of para-hydroxylation sites is 1. The van der Waals surface area contributed by atoms with Crippen LogP contribution in [-0.4, -0.2) is 42.9 Å². The molecule has 0 radical (unpaired) electrons. The molecule has 31 heavy (non-hydrogen) atoms. The first-order valence-electron chi connectivity index (χ1n) is 9.80. The molecule has 0 bridgehead atoms. The molecule has 1 saturated heterocycles. The van der Waals surface area contributed by atoms with Crippen molar-refractivity contribution in [2.75, 3.05) is 18.1 Å². The van der Waals surface area contributed by atoms with Gasteiger partial charge in [-0.05, 0) is 18.2 Å². The highest BCUT2D eigenvalue weighted by molar-refractivity contribution is 6.22. The molecule has 4 atom stereocenters. The van der Waals surface area contributed by atoms with Crippen LogP contribution in [0.4, 0.5) is 5.69 Å². The number of amides is 2. The van der Waals surface area contributed by atoms with Crippen molar-refractivity contribution in [1.82, 2.24) is 0 Å². The molecule has 2 amide bonds. The molecule has 1 aromatic carbocycles. The first kappa shape index (κ1) is 22.2. The highest BCUT2D eigenvalue weighted by atomic mass is 16.6. The Morgan fingerprint density at radius 1 is 0.839 bits per heavy atom. The number of hydrogen-bond acceptors (Lipinski definition) is 8. The number of benzene rings is 1. The number of carbonyl (C=O) groups is 5. The van der Waals surface area contributed by atoms with Crippen molar-refractivity contribution >= 4 is 35.4 Å². The largest absolute Gasteiger partial charge is 0.465 e. The van der Waals surface area contributed by atoms with Gasteiger partial charge in [-0.1, -0.05) is 18.2 Å². The summed E-state index contributed by atoms with van der Waals surface area (Å²) in [4.78, 5) is 62.3. The number of hydrogen-bond donors (Lipinski definition) is 0. The normalized spacial score (nSPS) is 24.9. The van der Waals surface area contributed by atoms with Crippen molar-refractivity contribution in [3.63, 3.8) is 0 Å². The lowest BCUT2D eigenvalue weighted by molar-refractivity contribution is -0.149. The fourth-order valence-corrected chi connectivity index (χ4v) is 4.07. The van der Waals surface area contributed by atoms with E-state index in [0.29, 0.717) is 5.69 Å². The number of nitrogens with zero attached hydrogens (tertiary/aromatic N) is 1. The summed E-state index contributed by atoms with van der Waals surface area (Å²) < 4.78 is 15.5. The van der Waals surface area contributed by atoms with Gasteiger partial charge in [0, 0.05) is 26.7 Å². The highest BCUT2D eigenvalue weighted by Gasteiger charge is 2.57. The lowest BCUT2D eigenvalue weighted by Crippen LogP contribution is -2.41. The second-order valence-electron chi connectivity index (χ2n) is 7.44. The maximum atomic E-state index is 13.4. The lowest BCUT2D eigenvalue weighted by Gasteiger charge is -2.34. The van der Waals surface area contributed by atoms with E-state index in [-0.39, 0.29) is 19.0 Å². The van der Waals surface area contributed by atoms with Gasteiger partial charge in [-0.2, -0.15) is 0 Å². The van der Waals surface area contributed by atoms with Crippen LogP contribution in [0.15, 0.2) is 42.2 Å². The van der Waals surface area contributed by atoms with Crippen LogP contribution >= 0.6 is 0 Å². The number of carbonyl (C=O) groups excluding carboxylic acids is 5.